The molecule has 24 heavy (non-hydrogen) atoms. The number of nitrogens with one attached hydrogen (secondary N) is 1. The van der Waals surface area contributed by atoms with Gasteiger partial charge < -0.3 is 19.3 Å². The summed E-state index contributed by atoms with van der Waals surface area (Å²) in [5.41, 5.74) is 2.44. The fourth-order valence-corrected chi connectivity index (χ4v) is 3.38. The van der Waals surface area contributed by atoms with Crippen molar-refractivity contribution in [2.75, 3.05) is 45.3 Å². The highest BCUT2D eigenvalue weighted by Gasteiger charge is 2.21. The van der Waals surface area contributed by atoms with Crippen molar-refractivity contribution in [3.05, 3.63) is 53.1 Å². The second-order valence-corrected chi connectivity index (χ2v) is 6.51. The Labute approximate surface area is 148 Å². The number of rotatable bonds is 5. The minimum Gasteiger partial charge on any atom is -0.497 e. The maximum absolute atomic E-state index is 6.10. The lowest BCUT2D eigenvalue weighted by atomic mass is 10.1. The molecular weight excluding hydrogens is 324 g/mol. The third-order valence-corrected chi connectivity index (χ3v) is 4.81. The number of hydrogen-bond donors (Lipinski definition) is 1. The Hall–Kier alpha value is -1.91. The molecule has 1 saturated heterocycles. The van der Waals surface area contributed by atoms with Gasteiger partial charge in [-0.25, -0.2) is 0 Å². The van der Waals surface area contributed by atoms with Gasteiger partial charge in [-0.2, -0.15) is 0 Å². The highest BCUT2D eigenvalue weighted by Crippen LogP contribution is 2.24. The molecule has 4 nitrogen and oxygen atoms in total. The van der Waals surface area contributed by atoms with Gasteiger partial charge in [0.15, 0.2) is 0 Å². The number of nitrogens with zero attached hydrogens (tertiary/aromatic N) is 1. The summed E-state index contributed by atoms with van der Waals surface area (Å²) in [6.07, 6.45) is 0. The van der Waals surface area contributed by atoms with Crippen molar-refractivity contribution < 1.29 is 14.4 Å². The largest absolute Gasteiger partial charge is 0.497 e. The molecule has 0 saturated carbocycles. The Balaban J connectivity index is 1.61. The minimum atomic E-state index is 0.797. The Kier molecular flexibility index (Phi) is 5.48. The van der Waals surface area contributed by atoms with Gasteiger partial charge in [-0.15, -0.1) is 0 Å². The Morgan fingerprint density at radius 3 is 2.50 bits per heavy atom. The quantitative estimate of drug-likeness (QED) is 0.898. The number of hydrogen-bond acceptors (Lipinski definition) is 3. The van der Waals surface area contributed by atoms with Crippen molar-refractivity contribution in [3.63, 3.8) is 0 Å². The van der Waals surface area contributed by atoms with Gasteiger partial charge in [0, 0.05) is 22.3 Å². The molecule has 0 bridgehead atoms. The first-order chi connectivity index (χ1) is 11.7. The van der Waals surface area contributed by atoms with E-state index in [4.69, 9.17) is 21.1 Å². The molecule has 0 unspecified atom stereocenters. The zero-order valence-electron chi connectivity index (χ0n) is 14.2. The summed E-state index contributed by atoms with van der Waals surface area (Å²) in [4.78, 5) is 3.97. The first-order valence-electron chi connectivity index (χ1n) is 8.24. The molecular formula is C19H24ClN2O2+. The van der Waals surface area contributed by atoms with Crippen LogP contribution >= 0.6 is 11.6 Å². The maximum atomic E-state index is 6.10. The van der Waals surface area contributed by atoms with Crippen LogP contribution in [0.25, 0.3) is 0 Å². The second kappa shape index (κ2) is 7.77. The van der Waals surface area contributed by atoms with Crippen LogP contribution in [-0.4, -0.2) is 40.4 Å². The SMILES string of the molecule is COc1ccc(C[NH+]2CCN(c3cccc(Cl)c3)CC2)c(OC)c1. The summed E-state index contributed by atoms with van der Waals surface area (Å²) in [6, 6.07) is 14.2. The van der Waals surface area contributed by atoms with Crippen molar-refractivity contribution in [2.24, 2.45) is 0 Å². The Bertz CT molecular complexity index is 685. The molecule has 0 atom stereocenters. The Morgan fingerprint density at radius 1 is 1.04 bits per heavy atom. The molecule has 2 aromatic rings. The van der Waals surface area contributed by atoms with E-state index in [0.29, 0.717) is 0 Å². The zero-order valence-corrected chi connectivity index (χ0v) is 15.0. The van der Waals surface area contributed by atoms with Crippen LogP contribution < -0.4 is 19.3 Å². The number of methoxy groups -OCH3 is 2. The number of benzene rings is 2. The van der Waals surface area contributed by atoms with E-state index in [2.05, 4.69) is 17.0 Å². The highest BCUT2D eigenvalue weighted by atomic mass is 35.5. The number of piperazine rings is 1. The molecule has 0 radical (unpaired) electrons. The van der Waals surface area contributed by atoms with Gasteiger partial charge in [-0.05, 0) is 30.3 Å². The van der Waals surface area contributed by atoms with Crippen LogP contribution in [0.4, 0.5) is 5.69 Å². The average molecular weight is 348 g/mol. The van der Waals surface area contributed by atoms with Crippen LogP contribution in [0.1, 0.15) is 5.56 Å². The van der Waals surface area contributed by atoms with E-state index in [0.717, 1.165) is 49.2 Å². The van der Waals surface area contributed by atoms with Gasteiger partial charge in [0.05, 0.1) is 40.4 Å². The molecule has 0 amide bonds. The molecule has 1 heterocycles. The normalized spacial score (nSPS) is 15.4. The fourth-order valence-electron chi connectivity index (χ4n) is 3.20. The number of ether oxygens (including phenoxy) is 2. The van der Waals surface area contributed by atoms with Crippen LogP contribution in [0.3, 0.4) is 0 Å². The predicted octanol–water partition coefficient (Wildman–Crippen LogP) is 2.26. The van der Waals surface area contributed by atoms with Gasteiger partial charge in [-0.1, -0.05) is 17.7 Å². The standard InChI is InChI=1S/C19H23ClN2O2/c1-23-18-7-6-15(19(13-18)24-2)14-21-8-10-22(11-9-21)17-5-3-4-16(20)12-17/h3-7,12-13H,8-11,14H2,1-2H3/p+1. The van der Waals surface area contributed by atoms with Crippen LogP contribution in [0, 0.1) is 0 Å². The summed E-state index contributed by atoms with van der Waals surface area (Å²) in [7, 11) is 3.39. The first-order valence-corrected chi connectivity index (χ1v) is 8.62. The zero-order chi connectivity index (χ0) is 16.9. The topological polar surface area (TPSA) is 26.1 Å². The predicted molar refractivity (Wildman–Crippen MR) is 97.6 cm³/mol. The van der Waals surface area contributed by atoms with E-state index < -0.39 is 0 Å². The van der Waals surface area contributed by atoms with Gasteiger partial charge in [0.25, 0.3) is 0 Å². The molecule has 1 aliphatic heterocycles. The summed E-state index contributed by atoms with van der Waals surface area (Å²) in [5.74, 6) is 1.73. The molecule has 1 fully saturated rings. The van der Waals surface area contributed by atoms with E-state index >= 15 is 0 Å². The lowest BCUT2D eigenvalue weighted by Gasteiger charge is -2.34. The lowest BCUT2D eigenvalue weighted by Crippen LogP contribution is -3.13. The molecule has 128 valence electrons. The summed E-state index contributed by atoms with van der Waals surface area (Å²) in [6.45, 7) is 5.24. The van der Waals surface area contributed by atoms with Gasteiger partial charge >= 0.3 is 0 Å². The third-order valence-electron chi connectivity index (χ3n) is 4.58. The molecule has 0 spiro atoms. The maximum Gasteiger partial charge on any atom is 0.131 e. The van der Waals surface area contributed by atoms with Gasteiger partial charge in [-0.3, -0.25) is 0 Å². The molecule has 5 heteroatoms. The van der Waals surface area contributed by atoms with E-state index in [1.165, 1.54) is 11.3 Å². The molecule has 1 aliphatic rings. The monoisotopic (exact) mass is 347 g/mol. The molecule has 1 N–H and O–H groups in total. The third kappa shape index (κ3) is 3.94. The van der Waals surface area contributed by atoms with Crippen LogP contribution in [0.2, 0.25) is 5.02 Å². The van der Waals surface area contributed by atoms with Crippen LogP contribution in [0.15, 0.2) is 42.5 Å². The van der Waals surface area contributed by atoms with Crippen molar-refractivity contribution in [3.8, 4) is 11.5 Å². The minimum absolute atomic E-state index is 0.797. The second-order valence-electron chi connectivity index (χ2n) is 6.07. The molecule has 3 rings (SSSR count). The highest BCUT2D eigenvalue weighted by molar-refractivity contribution is 6.30. The van der Waals surface area contributed by atoms with E-state index in [1.807, 2.05) is 30.3 Å². The van der Waals surface area contributed by atoms with E-state index in [9.17, 15) is 0 Å². The molecule has 2 aromatic carbocycles. The summed E-state index contributed by atoms with van der Waals surface area (Å²) >= 11 is 6.10. The molecule has 0 aromatic heterocycles. The van der Waals surface area contributed by atoms with Gasteiger partial charge in [0.2, 0.25) is 0 Å². The van der Waals surface area contributed by atoms with Crippen molar-refractivity contribution in [1.82, 2.24) is 0 Å². The summed E-state index contributed by atoms with van der Waals surface area (Å²) in [5, 5.41) is 0.797. The van der Waals surface area contributed by atoms with Crippen LogP contribution in [0.5, 0.6) is 11.5 Å². The first kappa shape index (κ1) is 16.9. The summed E-state index contributed by atoms with van der Waals surface area (Å²) < 4.78 is 10.8. The number of quaternary nitrogens is 1. The average Bonchev–Trinajstić information content (AvgIpc) is 2.62. The van der Waals surface area contributed by atoms with Crippen molar-refractivity contribution in [2.45, 2.75) is 6.54 Å². The Morgan fingerprint density at radius 2 is 1.83 bits per heavy atom. The van der Waals surface area contributed by atoms with Crippen LogP contribution in [-0.2, 0) is 6.54 Å². The smallest absolute Gasteiger partial charge is 0.131 e. The van der Waals surface area contributed by atoms with E-state index in [1.54, 1.807) is 19.1 Å². The van der Waals surface area contributed by atoms with Crippen molar-refractivity contribution in [1.29, 1.82) is 0 Å². The molecule has 0 aliphatic carbocycles. The number of halogens is 1. The lowest BCUT2D eigenvalue weighted by molar-refractivity contribution is -0.914. The van der Waals surface area contributed by atoms with E-state index in [-0.39, 0.29) is 0 Å². The van der Waals surface area contributed by atoms with Crippen molar-refractivity contribution >= 4 is 17.3 Å². The number of anilines is 1. The fraction of sp³-hybridized carbons (Fsp3) is 0.368. The van der Waals surface area contributed by atoms with Gasteiger partial charge in [0.1, 0.15) is 18.0 Å².